The number of hydrogen-bond donors (Lipinski definition) is 8. The molecule has 356 valence electrons. The number of rotatable bonds is 8. The Morgan fingerprint density at radius 1 is 0.479 bits per heavy atom. The lowest BCUT2D eigenvalue weighted by molar-refractivity contribution is 0.481. The van der Waals surface area contributed by atoms with Crippen molar-refractivity contribution in [2.45, 2.75) is 19.6 Å². The van der Waals surface area contributed by atoms with E-state index in [0.29, 0.717) is 5.69 Å². The van der Waals surface area contributed by atoms with Crippen LogP contribution in [0.4, 0.5) is 23.3 Å². The quantitative estimate of drug-likeness (QED) is 0.0861. The number of H-pyrrole nitrogens is 2. The van der Waals surface area contributed by atoms with Crippen LogP contribution in [0.25, 0.3) is 89.7 Å². The number of anilines is 4. The zero-order valence-electron chi connectivity index (χ0n) is 35.0. The van der Waals surface area contributed by atoms with Gasteiger partial charge in [0.05, 0.1) is 21.7 Å². The van der Waals surface area contributed by atoms with Crippen molar-refractivity contribution in [3.63, 3.8) is 0 Å². The molecule has 5 aromatic carbocycles. The number of nitrogens with two attached hydrogens (primary N) is 1. The minimum atomic E-state index is -5.06. The summed E-state index contributed by atoms with van der Waals surface area (Å²) >= 11 is 5.93. The molecule has 2 aliphatic rings. The Hall–Kier alpha value is -8.16. The average Bonchev–Trinajstić information content (AvgIpc) is 4.03. The number of aromatic amines is 2. The van der Waals surface area contributed by atoms with Crippen LogP contribution in [-0.4, -0.2) is 102 Å². The van der Waals surface area contributed by atoms with Crippen LogP contribution in [0.2, 0.25) is 5.28 Å². The average molecular weight is 1050 g/mol. The second kappa shape index (κ2) is 15.9. The van der Waals surface area contributed by atoms with Crippen LogP contribution >= 0.6 is 11.6 Å². The first-order chi connectivity index (χ1) is 33.6. The summed E-state index contributed by atoms with van der Waals surface area (Å²) < 4.78 is 141. The standard InChI is InChI=1S/C41H25ClN14O11S4/c42-39-53-40(43)55-41(54-39)44-17-6-1-7-18(16-17)56-68(57,58)23-12-2-8-19-27(23)35-46-31(19)45-32-20-9-3-13-24(69(59,60)61)28(20)36(47-32)48-33-21-10-4-14-25(70(62,63)64)29(21)37(49-33)50-34-22-11-5-15-26(71(65,66)67)30(22)38(51-34)52-35/h1-16,56H,(H,59,60,61)(H,62,63,64)(H,65,66,67)(H3,43,44,53,54,55)(H2,45,46,47,48,49,50,51,52). The summed E-state index contributed by atoms with van der Waals surface area (Å²) in [5, 5.41) is 2.19. The maximum absolute atomic E-state index is 14.7. The number of nitrogens with one attached hydrogen (secondary N) is 4. The van der Waals surface area contributed by atoms with Gasteiger partial charge in [-0.3, -0.25) is 18.4 Å². The SMILES string of the molecule is Nc1nc(Cl)nc(Nc2cccc(NS(=O)(=O)c3cccc4c3-c3nc-4nc4[nH]c(nc5nc(nc6[nH]c(n3)c3c(S(=O)(=O)O)cccc63)-c3c-5cccc3S(=O)(=O)O)c3c(S(=O)(=O)O)cccc43)c2)n1. The van der Waals surface area contributed by atoms with Gasteiger partial charge < -0.3 is 21.0 Å². The molecule has 4 aromatic heterocycles. The number of nitrogens with zero attached hydrogens (tertiary/aromatic N) is 9. The molecule has 6 heterocycles. The van der Waals surface area contributed by atoms with Crippen LogP contribution in [0, 0.1) is 0 Å². The van der Waals surface area contributed by atoms with Gasteiger partial charge >= 0.3 is 0 Å². The van der Waals surface area contributed by atoms with Crippen LogP contribution < -0.4 is 15.8 Å². The Balaban J connectivity index is 1.23. The Kier molecular flexibility index (Phi) is 10.2. The minimum Gasteiger partial charge on any atom is -0.368 e. The molecule has 0 saturated carbocycles. The molecule has 71 heavy (non-hydrogen) atoms. The highest BCUT2D eigenvalue weighted by Crippen LogP contribution is 2.42. The van der Waals surface area contributed by atoms with Crippen molar-refractivity contribution >= 4 is 119 Å². The summed E-state index contributed by atoms with van der Waals surface area (Å²) in [6.07, 6.45) is 0. The summed E-state index contributed by atoms with van der Waals surface area (Å²) in [6, 6.07) is 21.4. The molecule has 30 heteroatoms. The van der Waals surface area contributed by atoms with Gasteiger partial charge in [-0.05, 0) is 54.1 Å². The van der Waals surface area contributed by atoms with Gasteiger partial charge in [-0.1, -0.05) is 54.6 Å². The highest BCUT2D eigenvalue weighted by atomic mass is 35.5. The zero-order valence-corrected chi connectivity index (χ0v) is 39.0. The number of fused-ring (bicyclic) bond motifs is 20. The molecule has 9 N–H and O–H groups in total. The van der Waals surface area contributed by atoms with Crippen molar-refractivity contribution in [1.29, 1.82) is 0 Å². The van der Waals surface area contributed by atoms with Crippen molar-refractivity contribution in [2.75, 3.05) is 15.8 Å². The van der Waals surface area contributed by atoms with Crippen molar-refractivity contribution in [3.8, 4) is 45.6 Å². The van der Waals surface area contributed by atoms with Gasteiger partial charge in [0.2, 0.25) is 17.2 Å². The molecule has 0 amide bonds. The fourth-order valence-electron chi connectivity index (χ4n) is 8.15. The highest BCUT2D eigenvalue weighted by molar-refractivity contribution is 7.93. The lowest BCUT2D eigenvalue weighted by Gasteiger charge is -2.13. The van der Waals surface area contributed by atoms with Gasteiger partial charge in [0.15, 0.2) is 23.3 Å². The number of aromatic nitrogens is 11. The molecular formula is C41H25ClN14O11S4. The van der Waals surface area contributed by atoms with E-state index >= 15 is 0 Å². The molecule has 0 atom stereocenters. The Morgan fingerprint density at radius 3 is 1.48 bits per heavy atom. The van der Waals surface area contributed by atoms with E-state index in [1.54, 1.807) is 6.07 Å². The monoisotopic (exact) mass is 1050 g/mol. The van der Waals surface area contributed by atoms with Crippen molar-refractivity contribution in [2.24, 2.45) is 0 Å². The van der Waals surface area contributed by atoms with Crippen molar-refractivity contribution in [3.05, 3.63) is 102 Å². The maximum Gasteiger partial charge on any atom is 0.295 e. The fourth-order valence-corrected chi connectivity index (χ4v) is 11.7. The van der Waals surface area contributed by atoms with Crippen LogP contribution in [0.5, 0.6) is 0 Å². The normalized spacial score (nSPS) is 12.7. The largest absolute Gasteiger partial charge is 0.368 e. The van der Waals surface area contributed by atoms with E-state index in [2.05, 4.69) is 59.9 Å². The molecule has 11 rings (SSSR count). The summed E-state index contributed by atoms with van der Waals surface area (Å²) in [5.41, 5.74) is 4.59. The van der Waals surface area contributed by atoms with Crippen LogP contribution in [0.15, 0.2) is 117 Å². The van der Waals surface area contributed by atoms with E-state index in [1.165, 1.54) is 72.8 Å². The second-order valence-corrected chi connectivity index (χ2v) is 21.5. The Labute approximate surface area is 402 Å². The third-order valence-corrected chi connectivity index (χ3v) is 15.2. The zero-order chi connectivity index (χ0) is 49.9. The second-order valence-electron chi connectivity index (χ2n) is 15.3. The Bertz CT molecular complexity index is 4500. The number of benzene rings is 5. The lowest BCUT2D eigenvalue weighted by Crippen LogP contribution is -2.14. The van der Waals surface area contributed by atoms with Gasteiger partial charge in [0, 0.05) is 38.4 Å². The summed E-state index contributed by atoms with van der Waals surface area (Å²) in [6.45, 7) is 0. The molecule has 0 unspecified atom stereocenters. The molecule has 9 aromatic rings. The van der Waals surface area contributed by atoms with E-state index < -0.39 is 71.6 Å². The first kappa shape index (κ1) is 45.3. The molecular weight excluding hydrogens is 1030 g/mol. The molecule has 0 spiro atoms. The molecule has 2 aliphatic heterocycles. The van der Waals surface area contributed by atoms with Crippen LogP contribution in [0.1, 0.15) is 0 Å². The number of sulfonamides is 1. The molecule has 25 nitrogen and oxygen atoms in total. The third-order valence-electron chi connectivity index (χ3n) is 10.9. The molecule has 0 fully saturated rings. The van der Waals surface area contributed by atoms with Crippen LogP contribution in [-0.2, 0) is 40.4 Å². The van der Waals surface area contributed by atoms with E-state index in [-0.39, 0.29) is 101 Å². The number of halogens is 1. The maximum atomic E-state index is 14.7. The predicted molar refractivity (Wildman–Crippen MR) is 255 cm³/mol. The van der Waals surface area contributed by atoms with Crippen molar-refractivity contribution in [1.82, 2.24) is 54.8 Å². The third kappa shape index (κ3) is 7.96. The van der Waals surface area contributed by atoms with Gasteiger partial charge in [-0.2, -0.15) is 40.2 Å². The Morgan fingerprint density at radius 2 is 0.930 bits per heavy atom. The summed E-state index contributed by atoms with van der Waals surface area (Å²) in [5.74, 6) is -1.52. The number of nitrogen functional groups attached to an aromatic ring is 1. The molecule has 0 radical (unpaired) electrons. The fraction of sp³-hybridized carbons (Fsp3) is 0. The van der Waals surface area contributed by atoms with E-state index in [9.17, 15) is 47.3 Å². The number of hydrogen-bond acceptors (Lipinski definition) is 19. The van der Waals surface area contributed by atoms with Gasteiger partial charge in [-0.25, -0.2) is 38.3 Å². The van der Waals surface area contributed by atoms with E-state index in [1.807, 2.05) is 0 Å². The minimum absolute atomic E-state index is 0.0238. The first-order valence-electron chi connectivity index (χ1n) is 20.0. The summed E-state index contributed by atoms with van der Waals surface area (Å²) in [7, 11) is -19.7. The van der Waals surface area contributed by atoms with Gasteiger partial charge in [-0.15, -0.1) is 0 Å². The highest BCUT2D eigenvalue weighted by Gasteiger charge is 2.32. The molecule has 8 bridgehead atoms. The topological polar surface area (TPSA) is 395 Å². The van der Waals surface area contributed by atoms with Crippen molar-refractivity contribution < 1.29 is 47.3 Å². The first-order valence-corrected chi connectivity index (χ1v) is 26.1. The predicted octanol–water partition coefficient (Wildman–Crippen LogP) is 5.57. The summed E-state index contributed by atoms with van der Waals surface area (Å²) in [4.78, 5) is 42.8. The van der Waals surface area contributed by atoms with E-state index in [0.717, 1.165) is 18.2 Å². The van der Waals surface area contributed by atoms with Gasteiger partial charge in [0.25, 0.3) is 40.4 Å². The smallest absolute Gasteiger partial charge is 0.295 e. The molecule has 0 aliphatic carbocycles. The van der Waals surface area contributed by atoms with Gasteiger partial charge in [0.1, 0.15) is 37.3 Å². The van der Waals surface area contributed by atoms with Crippen LogP contribution in [0.3, 0.4) is 0 Å². The lowest BCUT2D eigenvalue weighted by atomic mass is 10.1. The van der Waals surface area contributed by atoms with E-state index in [4.69, 9.17) is 22.3 Å². The molecule has 0 saturated heterocycles.